The van der Waals surface area contributed by atoms with Crippen LogP contribution in [0.2, 0.25) is 0 Å². The highest BCUT2D eigenvalue weighted by molar-refractivity contribution is 7.17. The lowest BCUT2D eigenvalue weighted by Gasteiger charge is -2.27. The molecule has 0 aliphatic heterocycles. The molecule has 0 radical (unpaired) electrons. The fourth-order valence-electron chi connectivity index (χ4n) is 3.63. The van der Waals surface area contributed by atoms with Crippen molar-refractivity contribution in [2.24, 2.45) is 5.73 Å². The van der Waals surface area contributed by atoms with Crippen molar-refractivity contribution >= 4 is 45.8 Å². The quantitative estimate of drug-likeness (QED) is 0.566. The number of amides is 1. The second-order valence-corrected chi connectivity index (χ2v) is 8.40. The Morgan fingerprint density at radius 1 is 1.32 bits per heavy atom. The number of allylic oxidation sites excluding steroid dienone is 1. The molecule has 4 N–H and O–H groups in total. The van der Waals surface area contributed by atoms with Gasteiger partial charge in [0.1, 0.15) is 12.1 Å². The first-order chi connectivity index (χ1) is 15.0. The monoisotopic (exact) mass is 436 g/mol. The van der Waals surface area contributed by atoms with E-state index in [1.165, 1.54) is 23.9 Å². The van der Waals surface area contributed by atoms with E-state index in [0.29, 0.717) is 35.4 Å². The summed E-state index contributed by atoms with van der Waals surface area (Å²) in [6, 6.07) is 3.65. The number of nitrogens with one attached hydrogen (secondary N) is 1. The third-order valence-electron chi connectivity index (χ3n) is 5.30. The van der Waals surface area contributed by atoms with Crippen LogP contribution in [-0.2, 0) is 0 Å². The lowest BCUT2D eigenvalue weighted by molar-refractivity contribution is 0.0668. The number of aliphatic hydroxyl groups is 1. The topological polar surface area (TPSA) is 110 Å². The average molecular weight is 437 g/mol. The number of thiophene rings is 1. The molecular weight excluding hydrogens is 412 g/mol. The minimum Gasteiger partial charge on any atom is -0.488 e. The summed E-state index contributed by atoms with van der Waals surface area (Å²) in [5, 5.41) is 16.1. The molecule has 4 rings (SSSR count). The predicted molar refractivity (Wildman–Crippen MR) is 123 cm³/mol. The maximum atomic E-state index is 13.1. The fraction of sp³-hybridized carbons (Fsp3) is 0.261. The number of carbonyl (C=O) groups excluding carboxylic acids is 1. The highest BCUT2D eigenvalue weighted by atomic mass is 32.1. The van der Waals surface area contributed by atoms with Crippen molar-refractivity contribution in [1.82, 2.24) is 9.97 Å². The van der Waals surface area contributed by atoms with Gasteiger partial charge < -0.3 is 20.9 Å². The molecule has 2 aromatic heterocycles. The molecule has 31 heavy (non-hydrogen) atoms. The number of nitrogens with two attached hydrogens (primary N) is 1. The van der Waals surface area contributed by atoms with E-state index in [1.807, 2.05) is 18.2 Å². The maximum absolute atomic E-state index is 13.1. The van der Waals surface area contributed by atoms with Crippen molar-refractivity contribution in [1.29, 1.82) is 0 Å². The summed E-state index contributed by atoms with van der Waals surface area (Å²) in [7, 11) is 0. The van der Waals surface area contributed by atoms with Gasteiger partial charge in [-0.05, 0) is 60.5 Å². The normalized spacial score (nSPS) is 19.7. The van der Waals surface area contributed by atoms with Crippen LogP contribution in [-0.4, -0.2) is 33.2 Å². The number of hydrogen-bond donors (Lipinski definition) is 3. The molecule has 1 aliphatic rings. The Labute approximate surface area is 183 Å². The molecule has 8 heteroatoms. The van der Waals surface area contributed by atoms with Gasteiger partial charge in [-0.2, -0.15) is 0 Å². The van der Waals surface area contributed by atoms with E-state index in [2.05, 4.69) is 21.9 Å². The number of nitrogens with zero attached hydrogens (tertiary/aromatic N) is 2. The first-order valence-electron chi connectivity index (χ1n) is 10.1. The Balaban J connectivity index is 1.68. The number of rotatable bonds is 5. The van der Waals surface area contributed by atoms with Crippen molar-refractivity contribution in [2.45, 2.75) is 37.9 Å². The maximum Gasteiger partial charge on any atom is 0.258 e. The van der Waals surface area contributed by atoms with Gasteiger partial charge in [-0.1, -0.05) is 12.7 Å². The summed E-state index contributed by atoms with van der Waals surface area (Å²) >= 11 is 1.42. The molecule has 0 atom stereocenters. The van der Waals surface area contributed by atoms with Gasteiger partial charge in [0.15, 0.2) is 0 Å². The van der Waals surface area contributed by atoms with E-state index >= 15 is 0 Å². The van der Waals surface area contributed by atoms with Crippen LogP contribution in [0.4, 0.5) is 5.69 Å². The molecule has 0 saturated heterocycles. The zero-order chi connectivity index (χ0) is 21.8. The van der Waals surface area contributed by atoms with Crippen LogP contribution in [0.25, 0.3) is 22.9 Å². The van der Waals surface area contributed by atoms with E-state index in [4.69, 9.17) is 10.5 Å². The number of aliphatic hydroxyl groups excluding tert-OH is 1. The Morgan fingerprint density at radius 2 is 2.13 bits per heavy atom. The van der Waals surface area contributed by atoms with Crippen molar-refractivity contribution in [2.75, 3.05) is 5.32 Å². The number of ether oxygens (including phenoxy) is 1. The lowest BCUT2D eigenvalue weighted by atomic mass is 9.95. The lowest BCUT2D eigenvalue weighted by Crippen LogP contribution is -2.29. The standard InChI is InChI=1S/C23H24N4O3S/c1-14-9-20(30-17-6-4-16(28)5-7-17)19(10-15(14)3-2-8-24)27-23(29)18-12-31-21-11-25-13-26-22(18)21/h2-3,8-13,16-17,28H,1,4-7,24H2,(H,27,29)/b8-2-,15-3-. The Kier molecular flexibility index (Phi) is 6.29. The van der Waals surface area contributed by atoms with Crippen molar-refractivity contribution in [3.8, 4) is 5.75 Å². The number of aromatic nitrogens is 2. The van der Waals surface area contributed by atoms with Gasteiger partial charge in [-0.25, -0.2) is 9.97 Å². The highest BCUT2D eigenvalue weighted by Crippen LogP contribution is 2.29. The van der Waals surface area contributed by atoms with Crippen LogP contribution < -0.4 is 26.2 Å². The Morgan fingerprint density at radius 3 is 2.90 bits per heavy atom. The number of benzene rings is 1. The van der Waals surface area contributed by atoms with E-state index in [-0.39, 0.29) is 18.1 Å². The van der Waals surface area contributed by atoms with E-state index in [0.717, 1.165) is 28.0 Å². The zero-order valence-electron chi connectivity index (χ0n) is 17.0. The van der Waals surface area contributed by atoms with Gasteiger partial charge in [0.25, 0.3) is 5.91 Å². The van der Waals surface area contributed by atoms with Gasteiger partial charge in [0, 0.05) is 11.6 Å². The summed E-state index contributed by atoms with van der Waals surface area (Å²) in [4.78, 5) is 21.3. The fourth-order valence-corrected chi connectivity index (χ4v) is 4.48. The van der Waals surface area contributed by atoms with Gasteiger partial charge in [0.2, 0.25) is 0 Å². The second kappa shape index (κ2) is 9.28. The molecule has 2 heterocycles. The van der Waals surface area contributed by atoms with E-state index in [1.54, 1.807) is 17.7 Å². The number of carbonyl (C=O) groups is 1. The molecule has 0 spiro atoms. The number of fused-ring (bicyclic) bond motifs is 1. The summed E-state index contributed by atoms with van der Waals surface area (Å²) in [6.45, 7) is 4.10. The van der Waals surface area contributed by atoms with E-state index in [9.17, 15) is 9.90 Å². The third kappa shape index (κ3) is 4.76. The molecule has 1 saturated carbocycles. The van der Waals surface area contributed by atoms with E-state index < -0.39 is 0 Å². The van der Waals surface area contributed by atoms with Crippen LogP contribution in [0.1, 0.15) is 36.0 Å². The predicted octanol–water partition coefficient (Wildman–Crippen LogP) is 2.29. The zero-order valence-corrected chi connectivity index (χ0v) is 17.8. The van der Waals surface area contributed by atoms with Gasteiger partial charge in [0.05, 0.1) is 33.7 Å². The van der Waals surface area contributed by atoms with Crippen LogP contribution in [0, 0.1) is 0 Å². The first-order valence-corrected chi connectivity index (χ1v) is 11.0. The van der Waals surface area contributed by atoms with Gasteiger partial charge in [-0.15, -0.1) is 11.3 Å². The number of hydrogen-bond acceptors (Lipinski definition) is 7. The molecule has 1 aliphatic carbocycles. The van der Waals surface area contributed by atoms with Gasteiger partial charge in [-0.3, -0.25) is 4.79 Å². The van der Waals surface area contributed by atoms with Gasteiger partial charge >= 0.3 is 0 Å². The Hall–Kier alpha value is -3.23. The molecule has 7 nitrogen and oxygen atoms in total. The largest absolute Gasteiger partial charge is 0.488 e. The first kappa shape index (κ1) is 21.0. The molecule has 1 aromatic carbocycles. The van der Waals surface area contributed by atoms with Crippen LogP contribution in [0.15, 0.2) is 42.3 Å². The van der Waals surface area contributed by atoms with Crippen molar-refractivity contribution in [3.63, 3.8) is 0 Å². The SMILES string of the molecule is C=c1cc(OC2CCC(O)CC2)c(NC(=O)c2csc3cncnc23)c/c1=C/C=C\N. The second-order valence-electron chi connectivity index (χ2n) is 7.49. The van der Waals surface area contributed by atoms with Crippen LogP contribution in [0.5, 0.6) is 5.75 Å². The molecule has 1 fully saturated rings. The average Bonchev–Trinajstić information content (AvgIpc) is 3.20. The minimum atomic E-state index is -0.272. The van der Waals surface area contributed by atoms with Crippen molar-refractivity contribution < 1.29 is 14.6 Å². The number of anilines is 1. The third-order valence-corrected chi connectivity index (χ3v) is 6.20. The summed E-state index contributed by atoms with van der Waals surface area (Å²) in [5.74, 6) is 0.286. The highest BCUT2D eigenvalue weighted by Gasteiger charge is 2.22. The summed E-state index contributed by atoms with van der Waals surface area (Å²) in [6.07, 6.45) is 10.7. The molecular formula is C23H24N4O3S. The summed E-state index contributed by atoms with van der Waals surface area (Å²) in [5.41, 5.74) is 7.12. The van der Waals surface area contributed by atoms with Crippen LogP contribution in [0.3, 0.4) is 0 Å². The molecule has 0 unspecified atom stereocenters. The van der Waals surface area contributed by atoms with Crippen molar-refractivity contribution in [3.05, 3.63) is 58.3 Å². The smallest absolute Gasteiger partial charge is 0.258 e. The molecule has 3 aromatic rings. The molecule has 1 amide bonds. The molecule has 160 valence electrons. The Bertz CT molecular complexity index is 1230. The van der Waals surface area contributed by atoms with Crippen LogP contribution >= 0.6 is 11.3 Å². The molecule has 0 bridgehead atoms. The minimum absolute atomic E-state index is 0.0214. The summed E-state index contributed by atoms with van der Waals surface area (Å²) < 4.78 is 7.08.